The normalized spacial score (nSPS) is 15.0. The van der Waals surface area contributed by atoms with E-state index in [1.807, 2.05) is 0 Å². The number of morpholine rings is 1. The lowest BCUT2D eigenvalue weighted by atomic mass is 10.1. The summed E-state index contributed by atoms with van der Waals surface area (Å²) in [5.74, 6) is -1.33. The molecule has 1 atom stereocenters. The number of nitrogens with zero attached hydrogens (tertiary/aromatic N) is 1. The first-order valence-corrected chi connectivity index (χ1v) is 10.8. The smallest absolute Gasteiger partial charge is 0.265 e. The highest BCUT2D eigenvalue weighted by Gasteiger charge is 2.25. The number of anilines is 2. The molecule has 3 amide bonds. The minimum Gasteiger partial charge on any atom is -0.370 e. The first-order valence-electron chi connectivity index (χ1n) is 9.62. The highest BCUT2D eigenvalue weighted by molar-refractivity contribution is 7.18. The van der Waals surface area contributed by atoms with E-state index in [2.05, 4.69) is 16.0 Å². The molecule has 3 rings (SSSR count). The number of nitrogens with one attached hydrogen (secondary N) is 3. The van der Waals surface area contributed by atoms with Crippen molar-refractivity contribution in [2.45, 2.75) is 12.5 Å². The topological polar surface area (TPSA) is 99.8 Å². The number of benzene rings is 1. The number of ether oxygens (including phenoxy) is 1. The Morgan fingerprint density at radius 3 is 2.69 bits per heavy atom. The van der Waals surface area contributed by atoms with E-state index in [-0.39, 0.29) is 31.3 Å². The van der Waals surface area contributed by atoms with Crippen LogP contribution in [0.5, 0.6) is 0 Å². The fourth-order valence-corrected chi connectivity index (χ4v) is 4.03. The average Bonchev–Trinajstić information content (AvgIpc) is 3.21. The van der Waals surface area contributed by atoms with Crippen molar-refractivity contribution in [3.8, 4) is 0 Å². The predicted octanol–water partition coefficient (Wildman–Crippen LogP) is 2.66. The molecular formula is C20H21ClF2N4O4S. The zero-order valence-corrected chi connectivity index (χ0v) is 18.6. The third-order valence-corrected chi connectivity index (χ3v) is 5.98. The lowest BCUT2D eigenvalue weighted by Crippen LogP contribution is -2.47. The standard InChI is InChI=1S/C20H21ClF2N4O4S/c1-24-14(9-25-20(30)15-4-5-16(21)32-15)19(29)26-13-3-2-11(8-12(13)18(22)23)27-6-7-31-10-17(27)28/h2-5,8,14,18,24H,6-7,9-10H2,1H3,(H,25,30)(H,26,29)/t14-/m1/s1. The Morgan fingerprint density at radius 2 is 2.06 bits per heavy atom. The van der Waals surface area contributed by atoms with Crippen LogP contribution in [-0.4, -0.2) is 57.1 Å². The molecule has 0 radical (unpaired) electrons. The van der Waals surface area contributed by atoms with Gasteiger partial charge in [0.15, 0.2) is 0 Å². The van der Waals surface area contributed by atoms with Gasteiger partial charge in [0.1, 0.15) is 12.6 Å². The van der Waals surface area contributed by atoms with Crippen LogP contribution in [0.4, 0.5) is 20.2 Å². The van der Waals surface area contributed by atoms with Gasteiger partial charge < -0.3 is 25.6 Å². The molecule has 2 heterocycles. The second-order valence-electron chi connectivity index (χ2n) is 6.81. The second-order valence-corrected chi connectivity index (χ2v) is 8.53. The molecule has 1 saturated heterocycles. The fraction of sp³-hybridized carbons (Fsp3) is 0.350. The Bertz CT molecular complexity index is 1000. The molecule has 1 aromatic heterocycles. The van der Waals surface area contributed by atoms with Crippen molar-refractivity contribution in [1.29, 1.82) is 0 Å². The van der Waals surface area contributed by atoms with Crippen LogP contribution in [0, 0.1) is 0 Å². The van der Waals surface area contributed by atoms with E-state index < -0.39 is 29.8 Å². The summed E-state index contributed by atoms with van der Waals surface area (Å²) in [6.45, 7) is 0.377. The molecule has 172 valence electrons. The Morgan fingerprint density at radius 1 is 1.28 bits per heavy atom. The quantitative estimate of drug-likeness (QED) is 0.532. The molecule has 0 spiro atoms. The van der Waals surface area contributed by atoms with Crippen molar-refractivity contribution >= 4 is 52.0 Å². The van der Waals surface area contributed by atoms with E-state index in [9.17, 15) is 23.2 Å². The number of hydrogen-bond donors (Lipinski definition) is 3. The molecule has 1 aliphatic heterocycles. The molecule has 0 aliphatic carbocycles. The number of thiophene rings is 1. The molecular weight excluding hydrogens is 466 g/mol. The van der Waals surface area contributed by atoms with Crippen LogP contribution >= 0.6 is 22.9 Å². The maximum atomic E-state index is 13.7. The first-order chi connectivity index (χ1) is 15.3. The molecule has 2 aromatic rings. The van der Waals surface area contributed by atoms with Crippen molar-refractivity contribution in [3.05, 3.63) is 45.1 Å². The third-order valence-electron chi connectivity index (χ3n) is 4.75. The highest BCUT2D eigenvalue weighted by Crippen LogP contribution is 2.32. The number of hydrogen-bond acceptors (Lipinski definition) is 6. The highest BCUT2D eigenvalue weighted by atomic mass is 35.5. The molecule has 1 fully saturated rings. The summed E-state index contributed by atoms with van der Waals surface area (Å²) in [4.78, 5) is 38.5. The molecule has 0 unspecified atom stereocenters. The van der Waals surface area contributed by atoms with Crippen molar-refractivity contribution in [3.63, 3.8) is 0 Å². The second kappa shape index (κ2) is 10.8. The van der Waals surface area contributed by atoms with Gasteiger partial charge in [-0.15, -0.1) is 11.3 Å². The lowest BCUT2D eigenvalue weighted by molar-refractivity contribution is -0.125. The van der Waals surface area contributed by atoms with E-state index in [1.165, 1.54) is 30.1 Å². The molecule has 0 saturated carbocycles. The minimum atomic E-state index is -2.88. The van der Waals surface area contributed by atoms with Gasteiger partial charge in [-0.25, -0.2) is 8.78 Å². The van der Waals surface area contributed by atoms with Gasteiger partial charge in [-0.3, -0.25) is 14.4 Å². The Kier molecular flexibility index (Phi) is 8.13. The van der Waals surface area contributed by atoms with Gasteiger partial charge in [-0.1, -0.05) is 11.6 Å². The zero-order chi connectivity index (χ0) is 23.3. The van der Waals surface area contributed by atoms with Crippen molar-refractivity contribution in [2.24, 2.45) is 0 Å². The largest absolute Gasteiger partial charge is 0.370 e. The van der Waals surface area contributed by atoms with Gasteiger partial charge in [0, 0.05) is 30.0 Å². The summed E-state index contributed by atoms with van der Waals surface area (Å²) in [6.07, 6.45) is -2.88. The first kappa shape index (κ1) is 24.1. The molecule has 1 aromatic carbocycles. The molecule has 0 bridgehead atoms. The van der Waals surface area contributed by atoms with Crippen molar-refractivity contribution in [1.82, 2.24) is 10.6 Å². The maximum absolute atomic E-state index is 13.7. The van der Waals surface area contributed by atoms with Crippen molar-refractivity contribution in [2.75, 3.05) is 43.6 Å². The molecule has 12 heteroatoms. The number of carbonyl (C=O) groups is 3. The summed E-state index contributed by atoms with van der Waals surface area (Å²) < 4.78 is 32.9. The number of rotatable bonds is 8. The van der Waals surface area contributed by atoms with Crippen LogP contribution in [0.1, 0.15) is 21.7 Å². The third kappa shape index (κ3) is 5.80. The number of amides is 3. The minimum absolute atomic E-state index is 0.0684. The summed E-state index contributed by atoms with van der Waals surface area (Å²) in [5, 5.41) is 7.83. The number of carbonyl (C=O) groups excluding carboxylic acids is 3. The molecule has 3 N–H and O–H groups in total. The molecule has 8 nitrogen and oxygen atoms in total. The van der Waals surface area contributed by atoms with Gasteiger partial charge >= 0.3 is 0 Å². The van der Waals surface area contributed by atoms with E-state index >= 15 is 0 Å². The monoisotopic (exact) mass is 486 g/mol. The van der Waals surface area contributed by atoms with E-state index in [0.717, 1.165) is 11.3 Å². The molecule has 32 heavy (non-hydrogen) atoms. The summed E-state index contributed by atoms with van der Waals surface area (Å²) in [7, 11) is 1.51. The van der Waals surface area contributed by atoms with Crippen LogP contribution in [0.2, 0.25) is 4.34 Å². The van der Waals surface area contributed by atoms with E-state index in [4.69, 9.17) is 16.3 Å². The predicted molar refractivity (Wildman–Crippen MR) is 118 cm³/mol. The summed E-state index contributed by atoms with van der Waals surface area (Å²) in [5.41, 5.74) is -0.188. The van der Waals surface area contributed by atoms with Crippen molar-refractivity contribution < 1.29 is 27.9 Å². The number of likely N-dealkylation sites (N-methyl/N-ethyl adjacent to an activating group) is 1. The van der Waals surface area contributed by atoms with Crippen LogP contribution in [0.3, 0.4) is 0 Å². The zero-order valence-electron chi connectivity index (χ0n) is 17.0. The lowest BCUT2D eigenvalue weighted by Gasteiger charge is -2.27. The number of halogens is 3. The van der Waals surface area contributed by atoms with Crippen LogP contribution < -0.4 is 20.9 Å². The van der Waals surface area contributed by atoms with E-state index in [0.29, 0.717) is 21.5 Å². The van der Waals surface area contributed by atoms with Gasteiger partial charge in [-0.2, -0.15) is 0 Å². The summed E-state index contributed by atoms with van der Waals surface area (Å²) in [6, 6.07) is 6.27. The van der Waals surface area contributed by atoms with Crippen LogP contribution in [-0.2, 0) is 14.3 Å². The number of alkyl halides is 2. The van der Waals surface area contributed by atoms with Gasteiger partial charge in [0.25, 0.3) is 18.2 Å². The summed E-state index contributed by atoms with van der Waals surface area (Å²) >= 11 is 6.91. The van der Waals surface area contributed by atoms with E-state index in [1.54, 1.807) is 12.1 Å². The maximum Gasteiger partial charge on any atom is 0.265 e. The van der Waals surface area contributed by atoms with Crippen LogP contribution in [0.25, 0.3) is 0 Å². The molecule has 1 aliphatic rings. The van der Waals surface area contributed by atoms with Gasteiger partial charge in [0.05, 0.1) is 15.8 Å². The van der Waals surface area contributed by atoms with Gasteiger partial charge in [0.2, 0.25) is 5.91 Å². The Hall–Kier alpha value is -2.60. The SMILES string of the molecule is CN[C@H](CNC(=O)c1ccc(Cl)s1)C(=O)Nc1ccc(N2CCOCC2=O)cc1C(F)F. The Labute approximate surface area is 191 Å². The van der Waals surface area contributed by atoms with Gasteiger partial charge in [-0.05, 0) is 37.4 Å². The average molecular weight is 487 g/mol. The van der Waals surface area contributed by atoms with Crippen LogP contribution in [0.15, 0.2) is 30.3 Å². The fourth-order valence-electron chi connectivity index (χ4n) is 3.07. The Balaban J connectivity index is 1.69.